The van der Waals surface area contributed by atoms with E-state index in [1.165, 1.54) is 9.78 Å². The van der Waals surface area contributed by atoms with E-state index in [0.29, 0.717) is 22.0 Å². The Morgan fingerprint density at radius 1 is 1.25 bits per heavy atom. The minimum absolute atomic E-state index is 0.141. The Labute approximate surface area is 153 Å². The van der Waals surface area contributed by atoms with Gasteiger partial charge in [0.1, 0.15) is 5.54 Å². The normalized spacial score (nSPS) is 22.8. The lowest BCUT2D eigenvalue weighted by atomic mass is 9.80. The Hall–Kier alpha value is -1.56. The van der Waals surface area contributed by atoms with Crippen molar-refractivity contribution in [2.45, 2.75) is 31.3 Å². The lowest BCUT2D eigenvalue weighted by molar-refractivity contribution is -0.132. The lowest BCUT2D eigenvalue weighted by Gasteiger charge is -2.31. The predicted molar refractivity (Wildman–Crippen MR) is 94.5 cm³/mol. The number of hydrogen-bond acceptors (Lipinski definition) is 3. The van der Waals surface area contributed by atoms with Crippen LogP contribution in [0, 0.1) is 0 Å². The number of amides is 3. The molecule has 1 aromatic heterocycles. The molecule has 3 amide bonds. The van der Waals surface area contributed by atoms with Gasteiger partial charge in [0, 0.05) is 20.5 Å². The number of imide groups is 1. The zero-order valence-corrected chi connectivity index (χ0v) is 15.0. The molecular weight excluding hydrogens is 367 g/mol. The number of nitrogens with one attached hydrogen (secondary N) is 1. The number of aryl methyl sites for hydroxylation is 1. The van der Waals surface area contributed by atoms with Crippen LogP contribution in [0.25, 0.3) is 0 Å². The zero-order chi connectivity index (χ0) is 16.9. The zero-order valence-electron chi connectivity index (χ0n) is 12.6. The minimum Gasteiger partial charge on any atom is -0.319 e. The standard InChI is InChI=1S/C17H14Cl2N2O2S/c18-11-4-3-10(13(19)8-11)9-21-15(22)17(20-16(21)23)6-1-2-14-12(17)5-7-24-14/h3-5,7-8H,1-2,6,9H2,(H,20,23). The first-order valence-corrected chi connectivity index (χ1v) is 9.30. The first kappa shape index (κ1) is 15.9. The fourth-order valence-corrected chi connectivity index (χ4v) is 4.97. The third-order valence-corrected chi connectivity index (χ3v) is 6.25. The molecule has 1 aliphatic carbocycles. The van der Waals surface area contributed by atoms with Crippen molar-refractivity contribution in [2.24, 2.45) is 0 Å². The van der Waals surface area contributed by atoms with Gasteiger partial charge in [-0.3, -0.25) is 9.69 Å². The molecule has 4 nitrogen and oxygen atoms in total. The van der Waals surface area contributed by atoms with E-state index >= 15 is 0 Å². The monoisotopic (exact) mass is 380 g/mol. The Kier molecular flexibility index (Phi) is 3.82. The van der Waals surface area contributed by atoms with Gasteiger partial charge >= 0.3 is 6.03 Å². The summed E-state index contributed by atoms with van der Waals surface area (Å²) in [5, 5.41) is 5.89. The number of carbonyl (C=O) groups excluding carboxylic acids is 2. The van der Waals surface area contributed by atoms with E-state index in [4.69, 9.17) is 23.2 Å². The molecule has 124 valence electrons. The number of halogens is 2. The van der Waals surface area contributed by atoms with Crippen LogP contribution in [0.1, 0.15) is 28.8 Å². The van der Waals surface area contributed by atoms with Crippen molar-refractivity contribution in [3.63, 3.8) is 0 Å². The van der Waals surface area contributed by atoms with Gasteiger partial charge in [0.25, 0.3) is 5.91 Å². The Morgan fingerprint density at radius 2 is 2.08 bits per heavy atom. The van der Waals surface area contributed by atoms with Gasteiger partial charge in [0.05, 0.1) is 6.54 Å². The summed E-state index contributed by atoms with van der Waals surface area (Å²) < 4.78 is 0. The van der Waals surface area contributed by atoms with E-state index in [1.807, 2.05) is 11.4 Å². The van der Waals surface area contributed by atoms with Gasteiger partial charge < -0.3 is 5.32 Å². The van der Waals surface area contributed by atoms with Crippen LogP contribution < -0.4 is 5.32 Å². The van der Waals surface area contributed by atoms with Gasteiger partial charge in [-0.25, -0.2) is 4.79 Å². The molecule has 1 spiro atoms. The third kappa shape index (κ3) is 2.34. The Bertz CT molecular complexity index is 851. The molecule has 1 fully saturated rings. The molecule has 24 heavy (non-hydrogen) atoms. The molecule has 7 heteroatoms. The second-order valence-electron chi connectivity index (χ2n) is 6.07. The van der Waals surface area contributed by atoms with Crippen LogP contribution in [0.2, 0.25) is 10.0 Å². The molecule has 1 atom stereocenters. The summed E-state index contributed by atoms with van der Waals surface area (Å²) in [6.45, 7) is 0.141. The number of hydrogen-bond donors (Lipinski definition) is 1. The summed E-state index contributed by atoms with van der Waals surface area (Å²) in [5.74, 6) is -0.196. The number of carbonyl (C=O) groups is 2. The van der Waals surface area contributed by atoms with Crippen molar-refractivity contribution in [1.29, 1.82) is 0 Å². The minimum atomic E-state index is -0.913. The largest absolute Gasteiger partial charge is 0.325 e. The predicted octanol–water partition coefficient (Wildman–Crippen LogP) is 4.34. The maximum absolute atomic E-state index is 13.1. The fourth-order valence-electron chi connectivity index (χ4n) is 3.51. The average Bonchev–Trinajstić information content (AvgIpc) is 3.10. The van der Waals surface area contributed by atoms with Crippen LogP contribution in [0.4, 0.5) is 4.79 Å². The molecule has 1 unspecified atom stereocenters. The molecule has 0 bridgehead atoms. The van der Waals surface area contributed by atoms with E-state index in [1.54, 1.807) is 29.5 Å². The molecule has 1 saturated heterocycles. The molecule has 0 saturated carbocycles. The third-order valence-electron chi connectivity index (χ3n) is 4.68. The quantitative estimate of drug-likeness (QED) is 0.787. The van der Waals surface area contributed by atoms with E-state index in [9.17, 15) is 9.59 Å². The number of fused-ring (bicyclic) bond motifs is 2. The van der Waals surface area contributed by atoms with E-state index < -0.39 is 5.54 Å². The number of rotatable bonds is 2. The number of benzene rings is 1. The Balaban J connectivity index is 1.68. The van der Waals surface area contributed by atoms with Crippen molar-refractivity contribution in [3.8, 4) is 0 Å². The van der Waals surface area contributed by atoms with E-state index in [-0.39, 0.29) is 18.5 Å². The summed E-state index contributed by atoms with van der Waals surface area (Å²) in [5.41, 5.74) is 0.730. The van der Waals surface area contributed by atoms with E-state index in [0.717, 1.165) is 18.4 Å². The van der Waals surface area contributed by atoms with Gasteiger partial charge in [0.15, 0.2) is 0 Å². The van der Waals surface area contributed by atoms with Crippen molar-refractivity contribution >= 4 is 46.5 Å². The maximum Gasteiger partial charge on any atom is 0.325 e. The van der Waals surface area contributed by atoms with Crippen LogP contribution in [-0.2, 0) is 23.3 Å². The first-order chi connectivity index (χ1) is 11.5. The summed E-state index contributed by atoms with van der Waals surface area (Å²) in [4.78, 5) is 28.0. The van der Waals surface area contributed by atoms with Gasteiger partial charge in [-0.05, 0) is 48.4 Å². The van der Waals surface area contributed by atoms with E-state index in [2.05, 4.69) is 5.32 Å². The Morgan fingerprint density at radius 3 is 2.88 bits per heavy atom. The van der Waals surface area contributed by atoms with Gasteiger partial charge in [-0.1, -0.05) is 29.3 Å². The van der Waals surface area contributed by atoms with Crippen molar-refractivity contribution < 1.29 is 9.59 Å². The molecule has 2 heterocycles. The molecule has 1 N–H and O–H groups in total. The topological polar surface area (TPSA) is 49.4 Å². The molecule has 1 aliphatic heterocycles. The number of thiophene rings is 1. The summed E-state index contributed by atoms with van der Waals surface area (Å²) in [7, 11) is 0. The van der Waals surface area contributed by atoms with Crippen molar-refractivity contribution in [2.75, 3.05) is 0 Å². The van der Waals surface area contributed by atoms with Gasteiger partial charge in [-0.2, -0.15) is 0 Å². The first-order valence-electron chi connectivity index (χ1n) is 7.66. The lowest BCUT2D eigenvalue weighted by Crippen LogP contribution is -2.46. The smallest absolute Gasteiger partial charge is 0.319 e. The summed E-state index contributed by atoms with van der Waals surface area (Å²) in [6, 6.07) is 6.65. The highest BCUT2D eigenvalue weighted by Gasteiger charge is 2.54. The van der Waals surface area contributed by atoms with Crippen LogP contribution in [0.15, 0.2) is 29.6 Å². The molecule has 1 aromatic carbocycles. The number of urea groups is 1. The highest BCUT2D eigenvalue weighted by atomic mass is 35.5. The van der Waals surface area contributed by atoms with Crippen LogP contribution in [-0.4, -0.2) is 16.8 Å². The molecule has 2 aliphatic rings. The van der Waals surface area contributed by atoms with Gasteiger partial charge in [-0.15, -0.1) is 11.3 Å². The van der Waals surface area contributed by atoms with Crippen LogP contribution >= 0.6 is 34.5 Å². The molecule has 2 aromatic rings. The van der Waals surface area contributed by atoms with Crippen LogP contribution in [0.5, 0.6) is 0 Å². The van der Waals surface area contributed by atoms with Crippen LogP contribution in [0.3, 0.4) is 0 Å². The SMILES string of the molecule is O=C1NC2(CCCc3sccc32)C(=O)N1Cc1ccc(Cl)cc1Cl. The highest BCUT2D eigenvalue weighted by molar-refractivity contribution is 7.10. The maximum atomic E-state index is 13.1. The molecule has 4 rings (SSSR count). The van der Waals surface area contributed by atoms with Crippen molar-refractivity contribution in [3.05, 3.63) is 55.7 Å². The molecule has 0 radical (unpaired) electrons. The number of nitrogens with zero attached hydrogens (tertiary/aromatic N) is 1. The second-order valence-corrected chi connectivity index (χ2v) is 7.92. The van der Waals surface area contributed by atoms with Gasteiger partial charge in [0.2, 0.25) is 0 Å². The average molecular weight is 381 g/mol. The summed E-state index contributed by atoms with van der Waals surface area (Å²) in [6.07, 6.45) is 2.47. The summed E-state index contributed by atoms with van der Waals surface area (Å²) >= 11 is 13.7. The second kappa shape index (κ2) is 5.76. The fraction of sp³-hybridized carbons (Fsp3) is 0.294. The molecular formula is C17H14Cl2N2O2S. The van der Waals surface area contributed by atoms with Crippen molar-refractivity contribution in [1.82, 2.24) is 10.2 Å². The highest BCUT2D eigenvalue weighted by Crippen LogP contribution is 2.42.